The zero-order valence-corrected chi connectivity index (χ0v) is 14.6. The van der Waals surface area contributed by atoms with Crippen LogP contribution in [0.15, 0.2) is 25.3 Å². The predicted molar refractivity (Wildman–Crippen MR) is 91.2 cm³/mol. The quantitative estimate of drug-likeness (QED) is 0.433. The molecule has 6 heteroatoms. The molecule has 0 heterocycles. The fourth-order valence-corrected chi connectivity index (χ4v) is 4.04. The van der Waals surface area contributed by atoms with Crippen molar-refractivity contribution in [2.75, 3.05) is 0 Å². The van der Waals surface area contributed by atoms with Gasteiger partial charge in [-0.1, -0.05) is 13.2 Å². The first-order chi connectivity index (χ1) is 11.9. The maximum absolute atomic E-state index is 12.1. The molecular formula is C19H28O6. The molecule has 2 aliphatic carbocycles. The molecule has 0 spiro atoms. The average molecular weight is 352 g/mol. The van der Waals surface area contributed by atoms with Gasteiger partial charge in [0.15, 0.2) is 0 Å². The number of ether oxygens (including phenoxy) is 2. The van der Waals surface area contributed by atoms with Crippen molar-refractivity contribution in [3.63, 3.8) is 0 Å². The number of aliphatic hydroxyl groups is 2. The van der Waals surface area contributed by atoms with E-state index in [1.165, 1.54) is 0 Å². The van der Waals surface area contributed by atoms with Gasteiger partial charge in [0.05, 0.1) is 12.2 Å². The highest BCUT2D eigenvalue weighted by atomic mass is 16.7. The van der Waals surface area contributed by atoms with Gasteiger partial charge in [-0.3, -0.25) is 0 Å². The summed E-state index contributed by atoms with van der Waals surface area (Å²) in [7, 11) is 0. The summed E-state index contributed by atoms with van der Waals surface area (Å²) in [4.78, 5) is 24.1. The van der Waals surface area contributed by atoms with Crippen molar-refractivity contribution in [1.82, 2.24) is 0 Å². The van der Waals surface area contributed by atoms with E-state index >= 15 is 0 Å². The van der Waals surface area contributed by atoms with Crippen LogP contribution in [0, 0.1) is 11.8 Å². The highest BCUT2D eigenvalue weighted by Crippen LogP contribution is 2.46. The van der Waals surface area contributed by atoms with Crippen LogP contribution < -0.4 is 0 Å². The van der Waals surface area contributed by atoms with Crippen LogP contribution in [0.1, 0.15) is 51.4 Å². The molecule has 2 N–H and O–H groups in total. The molecule has 0 aromatic heterocycles. The third kappa shape index (κ3) is 4.70. The van der Waals surface area contributed by atoms with Crippen LogP contribution >= 0.6 is 0 Å². The van der Waals surface area contributed by atoms with Crippen LogP contribution in [0.2, 0.25) is 0 Å². The minimum absolute atomic E-state index is 0.205. The SMILES string of the molecule is C=CC(=O)OC(OC(=O)C=C)(C1CCC(O)CC1)C1CCC(O)CC1. The van der Waals surface area contributed by atoms with Gasteiger partial charge in [0.25, 0.3) is 5.79 Å². The lowest BCUT2D eigenvalue weighted by Gasteiger charge is -2.47. The zero-order valence-electron chi connectivity index (χ0n) is 14.6. The van der Waals surface area contributed by atoms with Crippen molar-refractivity contribution in [3.8, 4) is 0 Å². The standard InChI is InChI=1S/C19H28O6/c1-3-17(22)24-19(25-18(23)4-2,13-5-9-15(20)10-6-13)14-7-11-16(21)12-8-14/h3-4,13-16,20-21H,1-2,5-12H2. The molecule has 0 aliphatic heterocycles. The topological polar surface area (TPSA) is 93.1 Å². The van der Waals surface area contributed by atoms with E-state index in [1.807, 2.05) is 0 Å². The molecule has 0 radical (unpaired) electrons. The summed E-state index contributed by atoms with van der Waals surface area (Å²) in [5, 5.41) is 19.6. The van der Waals surface area contributed by atoms with Gasteiger partial charge in [-0.25, -0.2) is 9.59 Å². The van der Waals surface area contributed by atoms with Crippen molar-refractivity contribution < 1.29 is 29.3 Å². The Bertz CT molecular complexity index is 452. The number of carbonyl (C=O) groups is 2. The van der Waals surface area contributed by atoms with Gasteiger partial charge >= 0.3 is 11.9 Å². The maximum Gasteiger partial charge on any atom is 0.333 e. The zero-order chi connectivity index (χ0) is 18.4. The van der Waals surface area contributed by atoms with E-state index in [1.54, 1.807) is 0 Å². The van der Waals surface area contributed by atoms with Crippen LogP contribution in [0.5, 0.6) is 0 Å². The second-order valence-electron chi connectivity index (χ2n) is 6.98. The molecule has 2 aliphatic rings. The molecular weight excluding hydrogens is 324 g/mol. The first-order valence-electron chi connectivity index (χ1n) is 8.98. The molecule has 0 unspecified atom stereocenters. The van der Waals surface area contributed by atoms with Crippen LogP contribution in [0.4, 0.5) is 0 Å². The normalized spacial score (nSPS) is 30.2. The van der Waals surface area contributed by atoms with Crippen molar-refractivity contribution >= 4 is 11.9 Å². The summed E-state index contributed by atoms with van der Waals surface area (Å²) in [6.07, 6.45) is 6.00. The molecule has 2 saturated carbocycles. The summed E-state index contributed by atoms with van der Waals surface area (Å²) in [6.45, 7) is 6.89. The second-order valence-corrected chi connectivity index (χ2v) is 6.98. The van der Waals surface area contributed by atoms with Crippen molar-refractivity contribution in [1.29, 1.82) is 0 Å². The second kappa shape index (κ2) is 8.63. The lowest BCUT2D eigenvalue weighted by Crippen LogP contribution is -2.54. The number of aliphatic hydroxyl groups excluding tert-OH is 2. The van der Waals surface area contributed by atoms with E-state index in [2.05, 4.69) is 13.2 Å². The van der Waals surface area contributed by atoms with Gasteiger partial charge in [-0.15, -0.1) is 0 Å². The third-order valence-electron chi connectivity index (χ3n) is 5.39. The fraction of sp³-hybridized carbons (Fsp3) is 0.684. The van der Waals surface area contributed by atoms with E-state index < -0.39 is 17.7 Å². The summed E-state index contributed by atoms with van der Waals surface area (Å²) < 4.78 is 11.4. The molecule has 0 atom stereocenters. The summed E-state index contributed by atoms with van der Waals surface area (Å²) >= 11 is 0. The Morgan fingerprint density at radius 2 is 1.08 bits per heavy atom. The fourth-order valence-electron chi connectivity index (χ4n) is 4.04. The van der Waals surface area contributed by atoms with Crippen LogP contribution in [0.25, 0.3) is 0 Å². The van der Waals surface area contributed by atoms with Crippen molar-refractivity contribution in [2.45, 2.75) is 69.4 Å². The predicted octanol–water partition coefficient (Wildman–Crippen LogP) is 2.24. The van der Waals surface area contributed by atoms with Crippen LogP contribution in [-0.2, 0) is 19.1 Å². The Morgan fingerprint density at radius 3 is 1.36 bits per heavy atom. The smallest absolute Gasteiger partial charge is 0.333 e. The van der Waals surface area contributed by atoms with E-state index in [0.717, 1.165) is 12.2 Å². The Kier molecular flexibility index (Phi) is 6.79. The van der Waals surface area contributed by atoms with E-state index in [4.69, 9.17) is 9.47 Å². The Morgan fingerprint density at radius 1 is 0.760 bits per heavy atom. The summed E-state index contributed by atoms with van der Waals surface area (Å²) in [6, 6.07) is 0. The molecule has 140 valence electrons. The molecule has 2 fully saturated rings. The Labute approximate surface area is 148 Å². The number of hydrogen-bond acceptors (Lipinski definition) is 6. The largest absolute Gasteiger partial charge is 0.419 e. The number of esters is 2. The van der Waals surface area contributed by atoms with Gasteiger partial charge in [0, 0.05) is 24.0 Å². The molecule has 0 amide bonds. The first kappa shape index (κ1) is 19.7. The molecule has 0 saturated heterocycles. The number of hydrogen-bond donors (Lipinski definition) is 2. The van der Waals surface area contributed by atoms with Crippen molar-refractivity contribution in [3.05, 3.63) is 25.3 Å². The molecule has 0 aromatic carbocycles. The van der Waals surface area contributed by atoms with Gasteiger partial charge in [0.2, 0.25) is 0 Å². The van der Waals surface area contributed by atoms with Crippen LogP contribution in [-0.4, -0.2) is 40.1 Å². The minimum Gasteiger partial charge on any atom is -0.419 e. The lowest BCUT2D eigenvalue weighted by molar-refractivity contribution is -0.275. The van der Waals surface area contributed by atoms with E-state index in [0.29, 0.717) is 51.4 Å². The number of carbonyl (C=O) groups excluding carboxylic acids is 2. The molecule has 25 heavy (non-hydrogen) atoms. The average Bonchev–Trinajstić information content (AvgIpc) is 2.62. The summed E-state index contributed by atoms with van der Waals surface area (Å²) in [5.74, 6) is -3.10. The Balaban J connectivity index is 2.35. The van der Waals surface area contributed by atoms with Crippen LogP contribution in [0.3, 0.4) is 0 Å². The summed E-state index contributed by atoms with van der Waals surface area (Å²) in [5.41, 5.74) is 0. The van der Waals surface area contributed by atoms with Gasteiger partial charge in [-0.2, -0.15) is 0 Å². The lowest BCUT2D eigenvalue weighted by atomic mass is 9.71. The van der Waals surface area contributed by atoms with Gasteiger partial charge < -0.3 is 19.7 Å². The van der Waals surface area contributed by atoms with Gasteiger partial charge in [-0.05, 0) is 51.4 Å². The third-order valence-corrected chi connectivity index (χ3v) is 5.39. The number of rotatable bonds is 6. The first-order valence-corrected chi connectivity index (χ1v) is 8.98. The van der Waals surface area contributed by atoms with E-state index in [9.17, 15) is 19.8 Å². The highest BCUT2D eigenvalue weighted by Gasteiger charge is 2.53. The monoisotopic (exact) mass is 352 g/mol. The molecule has 0 bridgehead atoms. The maximum atomic E-state index is 12.1. The van der Waals surface area contributed by atoms with Crippen molar-refractivity contribution in [2.24, 2.45) is 11.8 Å². The van der Waals surface area contributed by atoms with E-state index in [-0.39, 0.29) is 24.0 Å². The van der Waals surface area contributed by atoms with Gasteiger partial charge in [0.1, 0.15) is 0 Å². The molecule has 6 nitrogen and oxygen atoms in total. The Hall–Kier alpha value is -1.66. The molecule has 0 aromatic rings. The molecule has 2 rings (SSSR count). The minimum atomic E-state index is -1.41. The highest BCUT2D eigenvalue weighted by molar-refractivity contribution is 5.83.